The van der Waals surface area contributed by atoms with E-state index in [9.17, 15) is 14.4 Å². The average molecular weight is 554 g/mol. The fraction of sp³-hybridized carbons (Fsp3) is 0.111. The molecule has 10 heteroatoms. The lowest BCUT2D eigenvalue weighted by molar-refractivity contribution is -0.122. The predicted octanol–water partition coefficient (Wildman–Crippen LogP) is 5.46. The van der Waals surface area contributed by atoms with Gasteiger partial charge < -0.3 is 10.1 Å². The molecule has 2 N–H and O–H groups in total. The Morgan fingerprint density at radius 1 is 1.03 bits per heavy atom. The summed E-state index contributed by atoms with van der Waals surface area (Å²) in [5.74, 6) is -1.18. The van der Waals surface area contributed by atoms with E-state index in [4.69, 9.17) is 40.2 Å². The maximum Gasteiger partial charge on any atom is 0.270 e. The maximum atomic E-state index is 13.2. The minimum Gasteiger partial charge on any atom is -0.484 e. The molecule has 0 aliphatic carbocycles. The summed E-state index contributed by atoms with van der Waals surface area (Å²) in [4.78, 5) is 39.3. The number of carbonyl (C=O) groups excluding carboxylic acids is 3. The first-order valence-electron chi connectivity index (χ1n) is 11.1. The molecular formula is C27H21Cl2N3O4S. The van der Waals surface area contributed by atoms with Crippen LogP contribution in [-0.2, 0) is 14.4 Å². The Hall–Kier alpha value is -3.72. The van der Waals surface area contributed by atoms with Crippen molar-refractivity contribution in [2.45, 2.75) is 13.8 Å². The van der Waals surface area contributed by atoms with E-state index in [0.717, 1.165) is 11.1 Å². The summed E-state index contributed by atoms with van der Waals surface area (Å²) in [5.41, 5.74) is 3.63. The smallest absolute Gasteiger partial charge is 0.270 e. The van der Waals surface area contributed by atoms with E-state index in [1.54, 1.807) is 30.3 Å². The summed E-state index contributed by atoms with van der Waals surface area (Å²) < 4.78 is 5.62. The lowest BCUT2D eigenvalue weighted by Crippen LogP contribution is -2.54. The summed E-state index contributed by atoms with van der Waals surface area (Å²) >= 11 is 17.3. The van der Waals surface area contributed by atoms with Crippen molar-refractivity contribution >= 4 is 75.7 Å². The number of hydrogen-bond donors (Lipinski definition) is 2. The Kier molecular flexibility index (Phi) is 7.92. The molecule has 3 aromatic rings. The summed E-state index contributed by atoms with van der Waals surface area (Å²) in [5, 5.41) is 5.80. The maximum absolute atomic E-state index is 13.2. The number of carbonyl (C=O) groups is 3. The molecule has 1 aliphatic rings. The van der Waals surface area contributed by atoms with Crippen molar-refractivity contribution in [2.75, 3.05) is 16.8 Å². The summed E-state index contributed by atoms with van der Waals surface area (Å²) in [6, 6.07) is 16.9. The molecule has 188 valence electrons. The molecule has 1 fully saturated rings. The molecule has 37 heavy (non-hydrogen) atoms. The van der Waals surface area contributed by atoms with Gasteiger partial charge in [0.2, 0.25) is 0 Å². The second kappa shape index (κ2) is 11.1. The zero-order valence-electron chi connectivity index (χ0n) is 19.8. The van der Waals surface area contributed by atoms with Gasteiger partial charge in [-0.2, -0.15) is 0 Å². The minimum atomic E-state index is -0.634. The molecule has 1 saturated heterocycles. The van der Waals surface area contributed by atoms with Gasteiger partial charge in [0.1, 0.15) is 11.3 Å². The van der Waals surface area contributed by atoms with Crippen molar-refractivity contribution in [3.05, 3.63) is 93.0 Å². The van der Waals surface area contributed by atoms with E-state index in [0.29, 0.717) is 27.7 Å². The number of halogens is 2. The van der Waals surface area contributed by atoms with Gasteiger partial charge >= 0.3 is 0 Å². The lowest BCUT2D eigenvalue weighted by atomic mass is 10.1. The first kappa shape index (κ1) is 26.3. The number of benzene rings is 3. The fourth-order valence-corrected chi connectivity index (χ4v) is 4.12. The van der Waals surface area contributed by atoms with Crippen LogP contribution in [-0.4, -0.2) is 29.4 Å². The first-order chi connectivity index (χ1) is 17.6. The van der Waals surface area contributed by atoms with Crippen molar-refractivity contribution in [3.63, 3.8) is 0 Å². The van der Waals surface area contributed by atoms with Crippen molar-refractivity contribution < 1.29 is 19.1 Å². The van der Waals surface area contributed by atoms with Gasteiger partial charge in [-0.25, -0.2) is 0 Å². The third kappa shape index (κ3) is 6.17. The van der Waals surface area contributed by atoms with Gasteiger partial charge in [-0.15, -0.1) is 0 Å². The third-order valence-electron chi connectivity index (χ3n) is 5.59. The number of amides is 3. The molecular weight excluding hydrogens is 533 g/mol. The number of rotatable bonds is 6. The van der Waals surface area contributed by atoms with E-state index in [1.165, 1.54) is 23.1 Å². The predicted molar refractivity (Wildman–Crippen MR) is 149 cm³/mol. The van der Waals surface area contributed by atoms with E-state index >= 15 is 0 Å². The Balaban J connectivity index is 1.49. The van der Waals surface area contributed by atoms with Gasteiger partial charge in [0, 0.05) is 5.69 Å². The van der Waals surface area contributed by atoms with Crippen LogP contribution in [0.4, 0.5) is 11.4 Å². The van der Waals surface area contributed by atoms with Crippen LogP contribution in [0.2, 0.25) is 10.0 Å². The molecule has 3 aromatic carbocycles. The second-order valence-corrected chi connectivity index (χ2v) is 9.47. The van der Waals surface area contributed by atoms with Gasteiger partial charge in [-0.1, -0.05) is 41.4 Å². The highest BCUT2D eigenvalue weighted by molar-refractivity contribution is 7.80. The Morgan fingerprint density at radius 2 is 1.81 bits per heavy atom. The fourth-order valence-electron chi connectivity index (χ4n) is 3.54. The molecule has 1 aliphatic heterocycles. The summed E-state index contributed by atoms with van der Waals surface area (Å²) in [6.45, 7) is 3.75. The average Bonchev–Trinajstić information content (AvgIpc) is 2.85. The van der Waals surface area contributed by atoms with Crippen LogP contribution in [0, 0.1) is 13.8 Å². The van der Waals surface area contributed by atoms with Gasteiger partial charge in [-0.3, -0.25) is 24.6 Å². The summed E-state index contributed by atoms with van der Waals surface area (Å²) in [7, 11) is 0. The number of ether oxygens (including phenoxy) is 1. The Labute approximate surface area is 229 Å². The molecule has 3 amide bonds. The first-order valence-corrected chi connectivity index (χ1v) is 12.3. The quantitative estimate of drug-likeness (QED) is 0.240. The van der Waals surface area contributed by atoms with Crippen LogP contribution >= 0.6 is 35.4 Å². The standard InChI is InChI=1S/C27H21Cl2N3O4S/c1-15-6-7-18(10-16(15)2)30-24(33)14-36-20-5-3-4-17(11-20)12-21-25(34)31-27(37)32(26(21)35)19-8-9-22(28)23(29)13-19/h3-13H,14H2,1-2H3,(H,30,33)(H,31,34,37)/b21-12+. The molecule has 0 aromatic heterocycles. The molecule has 0 bridgehead atoms. The van der Waals surface area contributed by atoms with E-state index in [2.05, 4.69) is 10.6 Å². The van der Waals surface area contributed by atoms with Crippen molar-refractivity contribution in [2.24, 2.45) is 0 Å². The Morgan fingerprint density at radius 3 is 2.54 bits per heavy atom. The van der Waals surface area contributed by atoms with Crippen LogP contribution in [0.15, 0.2) is 66.2 Å². The molecule has 0 radical (unpaired) electrons. The molecule has 1 heterocycles. The highest BCUT2D eigenvalue weighted by atomic mass is 35.5. The summed E-state index contributed by atoms with van der Waals surface area (Å²) in [6.07, 6.45) is 1.42. The van der Waals surface area contributed by atoms with Gasteiger partial charge in [0.15, 0.2) is 11.7 Å². The van der Waals surface area contributed by atoms with Gasteiger partial charge in [0.25, 0.3) is 17.7 Å². The van der Waals surface area contributed by atoms with Crippen LogP contribution in [0.3, 0.4) is 0 Å². The second-order valence-electron chi connectivity index (χ2n) is 8.26. The van der Waals surface area contributed by atoms with Crippen molar-refractivity contribution in [1.29, 1.82) is 0 Å². The van der Waals surface area contributed by atoms with Gasteiger partial charge in [-0.05, 0) is 91.3 Å². The minimum absolute atomic E-state index is 0.0718. The third-order valence-corrected chi connectivity index (χ3v) is 6.62. The highest BCUT2D eigenvalue weighted by Gasteiger charge is 2.34. The monoisotopic (exact) mass is 553 g/mol. The van der Waals surface area contributed by atoms with Crippen LogP contribution in [0.5, 0.6) is 5.75 Å². The molecule has 0 saturated carbocycles. The number of anilines is 2. The van der Waals surface area contributed by atoms with Crippen LogP contribution in [0.25, 0.3) is 6.08 Å². The normalized spacial score (nSPS) is 14.5. The number of thiocarbonyl (C=S) groups is 1. The largest absolute Gasteiger partial charge is 0.484 e. The van der Waals surface area contributed by atoms with Crippen LogP contribution < -0.4 is 20.3 Å². The number of hydrogen-bond acceptors (Lipinski definition) is 5. The van der Waals surface area contributed by atoms with Crippen molar-refractivity contribution in [1.82, 2.24) is 5.32 Å². The number of aryl methyl sites for hydroxylation is 2. The molecule has 0 unspecified atom stereocenters. The van der Waals surface area contributed by atoms with Gasteiger partial charge in [0.05, 0.1) is 15.7 Å². The topological polar surface area (TPSA) is 87.7 Å². The zero-order chi connectivity index (χ0) is 26.7. The highest BCUT2D eigenvalue weighted by Crippen LogP contribution is 2.29. The zero-order valence-corrected chi connectivity index (χ0v) is 22.1. The van der Waals surface area contributed by atoms with Crippen molar-refractivity contribution in [3.8, 4) is 5.75 Å². The SMILES string of the molecule is Cc1ccc(NC(=O)COc2cccc(/C=C3\C(=O)NC(=S)N(c4ccc(Cl)c(Cl)c4)C3=O)c2)cc1C. The molecule has 4 rings (SSSR count). The molecule has 0 spiro atoms. The lowest BCUT2D eigenvalue weighted by Gasteiger charge is -2.29. The van der Waals surface area contributed by atoms with Crippen LogP contribution in [0.1, 0.15) is 16.7 Å². The van der Waals surface area contributed by atoms with E-state index < -0.39 is 11.8 Å². The van der Waals surface area contributed by atoms with E-state index in [-0.39, 0.29) is 28.2 Å². The molecule has 0 atom stereocenters. The molecule has 7 nitrogen and oxygen atoms in total. The number of nitrogens with zero attached hydrogens (tertiary/aromatic N) is 1. The number of nitrogens with one attached hydrogen (secondary N) is 2. The Bertz CT molecular complexity index is 1470. The van der Waals surface area contributed by atoms with E-state index in [1.807, 2.05) is 32.0 Å².